The number of aliphatic hydroxyl groups is 2. The molecule has 3 N–H and O–H groups in total. The van der Waals surface area contributed by atoms with E-state index in [1.165, 1.54) is 161 Å². The van der Waals surface area contributed by atoms with Crippen LogP contribution >= 0.6 is 0 Å². The number of hydrogen-bond donors (Lipinski definition) is 3. The van der Waals surface area contributed by atoms with E-state index in [0.29, 0.717) is 6.42 Å². The third kappa shape index (κ3) is 43.2. The molecule has 0 aromatic rings. The van der Waals surface area contributed by atoms with E-state index in [1.54, 1.807) is 6.08 Å². The first-order chi connectivity index (χ1) is 27.7. The molecule has 326 valence electrons. The Morgan fingerprint density at radius 2 is 0.786 bits per heavy atom. The van der Waals surface area contributed by atoms with Crippen molar-refractivity contribution < 1.29 is 15.0 Å². The van der Waals surface area contributed by atoms with E-state index in [4.69, 9.17) is 0 Å². The molecular weight excluding hydrogens is 687 g/mol. The molecule has 1 amide bonds. The Balaban J connectivity index is 3.56. The van der Waals surface area contributed by atoms with Gasteiger partial charge in [-0.15, -0.1) is 0 Å². The zero-order chi connectivity index (χ0) is 40.7. The molecule has 0 saturated carbocycles. The maximum atomic E-state index is 12.4. The predicted molar refractivity (Wildman–Crippen MR) is 248 cm³/mol. The number of unbranched alkanes of at least 4 members (excludes halogenated alkanes) is 29. The van der Waals surface area contributed by atoms with E-state index in [2.05, 4.69) is 67.8 Å². The van der Waals surface area contributed by atoms with E-state index in [1.807, 2.05) is 6.08 Å². The second-order valence-electron chi connectivity index (χ2n) is 16.5. The van der Waals surface area contributed by atoms with Crippen LogP contribution in [0, 0.1) is 0 Å². The van der Waals surface area contributed by atoms with Crippen molar-refractivity contribution in [3.05, 3.63) is 60.8 Å². The molecule has 0 rings (SSSR count). The second kappa shape index (κ2) is 47.5. The number of aliphatic hydroxyl groups excluding tert-OH is 2. The number of hydrogen-bond acceptors (Lipinski definition) is 3. The largest absolute Gasteiger partial charge is 0.394 e. The third-order valence-corrected chi connectivity index (χ3v) is 11.0. The van der Waals surface area contributed by atoms with Gasteiger partial charge in [0.15, 0.2) is 0 Å². The molecule has 4 nitrogen and oxygen atoms in total. The molecule has 0 aliphatic carbocycles. The molecule has 0 bridgehead atoms. The Hall–Kier alpha value is -1.91. The average molecular weight is 782 g/mol. The van der Waals surface area contributed by atoms with Gasteiger partial charge in [0.2, 0.25) is 5.91 Å². The normalized spacial score (nSPS) is 13.4. The summed E-state index contributed by atoms with van der Waals surface area (Å²) >= 11 is 0. The highest BCUT2D eigenvalue weighted by atomic mass is 16.3. The summed E-state index contributed by atoms with van der Waals surface area (Å²) in [4.78, 5) is 12.4. The van der Waals surface area contributed by atoms with Crippen molar-refractivity contribution in [2.24, 2.45) is 0 Å². The molecule has 0 aromatic carbocycles. The van der Waals surface area contributed by atoms with Crippen LogP contribution in [-0.4, -0.2) is 34.9 Å². The van der Waals surface area contributed by atoms with Crippen molar-refractivity contribution in [3.63, 3.8) is 0 Å². The molecule has 56 heavy (non-hydrogen) atoms. The highest BCUT2D eigenvalue weighted by molar-refractivity contribution is 5.76. The molecule has 0 heterocycles. The Kier molecular flexibility index (Phi) is 45.8. The first-order valence-electron chi connectivity index (χ1n) is 24.5. The summed E-state index contributed by atoms with van der Waals surface area (Å²) in [5.41, 5.74) is 0. The van der Waals surface area contributed by atoms with E-state index < -0.39 is 12.1 Å². The maximum absolute atomic E-state index is 12.4. The van der Waals surface area contributed by atoms with Crippen molar-refractivity contribution in [3.8, 4) is 0 Å². The fourth-order valence-corrected chi connectivity index (χ4v) is 7.29. The van der Waals surface area contributed by atoms with Gasteiger partial charge < -0.3 is 15.5 Å². The average Bonchev–Trinajstić information content (AvgIpc) is 3.20. The molecular formula is C52H95NO3. The number of allylic oxidation sites excluding steroid dienone is 9. The Labute approximate surface area is 349 Å². The fraction of sp³-hybridized carbons (Fsp3) is 0.788. The second-order valence-corrected chi connectivity index (χ2v) is 16.5. The van der Waals surface area contributed by atoms with Gasteiger partial charge in [-0.05, 0) is 57.8 Å². The summed E-state index contributed by atoms with van der Waals surface area (Å²) in [6.45, 7) is 4.20. The SMILES string of the molecule is CC/C=C\C/C=C\C/C=C\C/C=C\CCCCCCCCC(=O)NC(CO)C(O)/C=C/CCCCCCCCCCCCCCCCCCCCCCCCC. The molecule has 0 saturated heterocycles. The van der Waals surface area contributed by atoms with Gasteiger partial charge in [-0.3, -0.25) is 4.79 Å². The van der Waals surface area contributed by atoms with Crippen LogP contribution in [0.15, 0.2) is 60.8 Å². The first kappa shape index (κ1) is 54.1. The molecule has 0 fully saturated rings. The summed E-state index contributed by atoms with van der Waals surface area (Å²) < 4.78 is 0. The molecule has 0 spiro atoms. The highest BCUT2D eigenvalue weighted by Gasteiger charge is 2.17. The van der Waals surface area contributed by atoms with E-state index in [0.717, 1.165) is 64.2 Å². The van der Waals surface area contributed by atoms with Gasteiger partial charge in [0.05, 0.1) is 18.8 Å². The van der Waals surface area contributed by atoms with Gasteiger partial charge in [0.1, 0.15) is 0 Å². The van der Waals surface area contributed by atoms with Crippen molar-refractivity contribution in [2.75, 3.05) is 6.61 Å². The molecule has 2 atom stereocenters. The topological polar surface area (TPSA) is 69.6 Å². The quantitative estimate of drug-likeness (QED) is 0.0426. The summed E-state index contributed by atoms with van der Waals surface area (Å²) in [5, 5.41) is 23.1. The lowest BCUT2D eigenvalue weighted by atomic mass is 10.0. The number of carbonyl (C=O) groups is 1. The van der Waals surface area contributed by atoms with Crippen LogP contribution in [0.3, 0.4) is 0 Å². The lowest BCUT2D eigenvalue weighted by Gasteiger charge is -2.20. The minimum atomic E-state index is -0.848. The van der Waals surface area contributed by atoms with Crippen LogP contribution in [0.1, 0.15) is 245 Å². The van der Waals surface area contributed by atoms with Gasteiger partial charge in [0.25, 0.3) is 0 Å². The smallest absolute Gasteiger partial charge is 0.220 e. The molecule has 4 heteroatoms. The molecule has 2 unspecified atom stereocenters. The number of carbonyl (C=O) groups excluding carboxylic acids is 1. The van der Waals surface area contributed by atoms with Crippen LogP contribution in [-0.2, 0) is 4.79 Å². The van der Waals surface area contributed by atoms with Crippen molar-refractivity contribution in [1.82, 2.24) is 5.32 Å². The van der Waals surface area contributed by atoms with Crippen LogP contribution in [0.4, 0.5) is 0 Å². The minimum absolute atomic E-state index is 0.0781. The Morgan fingerprint density at radius 1 is 0.446 bits per heavy atom. The lowest BCUT2D eigenvalue weighted by molar-refractivity contribution is -0.123. The maximum Gasteiger partial charge on any atom is 0.220 e. The third-order valence-electron chi connectivity index (χ3n) is 11.0. The van der Waals surface area contributed by atoms with Crippen molar-refractivity contribution >= 4 is 5.91 Å². The molecule has 0 aliphatic rings. The van der Waals surface area contributed by atoms with Gasteiger partial charge in [-0.2, -0.15) is 0 Å². The Morgan fingerprint density at radius 3 is 1.18 bits per heavy atom. The zero-order valence-corrected chi connectivity index (χ0v) is 37.4. The molecule has 0 radical (unpaired) electrons. The fourth-order valence-electron chi connectivity index (χ4n) is 7.29. The summed E-state index contributed by atoms with van der Waals surface area (Å²) in [6, 6.07) is -0.633. The van der Waals surface area contributed by atoms with Crippen LogP contribution in [0.5, 0.6) is 0 Å². The van der Waals surface area contributed by atoms with Gasteiger partial charge in [-0.25, -0.2) is 0 Å². The number of rotatable bonds is 44. The van der Waals surface area contributed by atoms with E-state index in [-0.39, 0.29) is 12.5 Å². The highest BCUT2D eigenvalue weighted by Crippen LogP contribution is 2.16. The van der Waals surface area contributed by atoms with Crippen LogP contribution < -0.4 is 5.32 Å². The van der Waals surface area contributed by atoms with Gasteiger partial charge in [-0.1, -0.05) is 242 Å². The lowest BCUT2D eigenvalue weighted by Crippen LogP contribution is -2.45. The molecule has 0 aliphatic heterocycles. The van der Waals surface area contributed by atoms with Crippen molar-refractivity contribution in [2.45, 2.75) is 257 Å². The zero-order valence-electron chi connectivity index (χ0n) is 37.4. The summed E-state index contributed by atoms with van der Waals surface area (Å²) in [5.74, 6) is -0.0781. The first-order valence-corrected chi connectivity index (χ1v) is 24.5. The van der Waals surface area contributed by atoms with E-state index in [9.17, 15) is 15.0 Å². The van der Waals surface area contributed by atoms with E-state index >= 15 is 0 Å². The predicted octanol–water partition coefficient (Wildman–Crippen LogP) is 15.7. The number of amides is 1. The van der Waals surface area contributed by atoms with Crippen LogP contribution in [0.25, 0.3) is 0 Å². The molecule has 0 aromatic heterocycles. The van der Waals surface area contributed by atoms with Crippen molar-refractivity contribution in [1.29, 1.82) is 0 Å². The number of nitrogens with one attached hydrogen (secondary N) is 1. The minimum Gasteiger partial charge on any atom is -0.394 e. The summed E-state index contributed by atoms with van der Waals surface area (Å²) in [7, 11) is 0. The van der Waals surface area contributed by atoms with Crippen LogP contribution in [0.2, 0.25) is 0 Å². The standard InChI is InChI=1S/C52H95NO3/c1-3-5-7-9-11-13-15-17-19-21-23-24-25-26-27-28-30-31-33-35-37-39-41-43-45-47-51(55)50(49-54)53-52(56)48-46-44-42-40-38-36-34-32-29-22-20-18-16-14-12-10-8-6-4-2/h6,8,12,14,18,20,29,32,45,47,50-51,54-55H,3-5,7,9-11,13,15-17,19,21-28,30-31,33-44,46,48-49H2,1-2H3,(H,53,56)/b8-6-,14-12-,20-18-,32-29-,47-45+. The van der Waals surface area contributed by atoms with Gasteiger partial charge in [0, 0.05) is 6.42 Å². The Bertz CT molecular complexity index is 934. The monoisotopic (exact) mass is 782 g/mol. The van der Waals surface area contributed by atoms with Gasteiger partial charge >= 0.3 is 0 Å². The summed E-state index contributed by atoms with van der Waals surface area (Å²) in [6.07, 6.45) is 66.3.